The van der Waals surface area contributed by atoms with E-state index in [9.17, 15) is 19.0 Å². The summed E-state index contributed by atoms with van der Waals surface area (Å²) in [4.78, 5) is 50.5. The summed E-state index contributed by atoms with van der Waals surface area (Å²) in [6, 6.07) is 4.23. The van der Waals surface area contributed by atoms with Gasteiger partial charge in [-0.25, -0.2) is 14.5 Å². The molecule has 2 saturated heterocycles. The molecule has 6 unspecified atom stereocenters. The third kappa shape index (κ3) is 9.57. The number of hydrogen-bond acceptors (Lipinski definition) is 14. The molecule has 5 N–H and O–H groups in total. The van der Waals surface area contributed by atoms with Crippen molar-refractivity contribution in [3.63, 3.8) is 0 Å². The Balaban J connectivity index is 1.38. The van der Waals surface area contributed by atoms with Crippen LogP contribution in [0.5, 0.6) is 5.88 Å². The summed E-state index contributed by atoms with van der Waals surface area (Å²) in [7, 11) is -6.41. The largest absolute Gasteiger partial charge is 0.474 e. The Hall–Kier alpha value is -1.59. The molecule has 3 aliphatic rings. The van der Waals surface area contributed by atoms with E-state index >= 15 is 4.57 Å². The van der Waals surface area contributed by atoms with Crippen molar-refractivity contribution in [1.82, 2.24) is 24.5 Å². The molecule has 6 rings (SSSR count). The highest BCUT2D eigenvalue weighted by Crippen LogP contribution is 2.68. The van der Waals surface area contributed by atoms with Gasteiger partial charge in [-0.3, -0.25) is 14.3 Å². The van der Waals surface area contributed by atoms with Crippen LogP contribution in [0.1, 0.15) is 65.5 Å². The molecule has 3 aromatic rings. The molecule has 0 amide bonds. The van der Waals surface area contributed by atoms with E-state index in [1.54, 1.807) is 29.1 Å². The maximum Gasteiger partial charge on any atom is 0.383 e. The van der Waals surface area contributed by atoms with E-state index in [2.05, 4.69) is 32.2 Å². The van der Waals surface area contributed by atoms with Gasteiger partial charge in [0.2, 0.25) is 11.8 Å². The summed E-state index contributed by atoms with van der Waals surface area (Å²) in [5.41, 5.74) is 4.37. The zero-order valence-electron chi connectivity index (χ0n) is 30.4. The first-order valence-corrected chi connectivity index (χ1v) is 27.8. The van der Waals surface area contributed by atoms with Gasteiger partial charge in [-0.2, -0.15) is 4.98 Å². The molecular weight excluding hydrogens is 815 g/mol. The number of nitrogen functional groups attached to an aromatic ring is 1. The highest BCUT2D eigenvalue weighted by atomic mass is 32.7. The molecule has 3 aromatic heterocycles. The van der Waals surface area contributed by atoms with Gasteiger partial charge in [-0.1, -0.05) is 64.5 Å². The number of anilines is 1. The number of rotatable bonds is 12. The number of aromatic amines is 1. The van der Waals surface area contributed by atoms with Crippen LogP contribution in [0, 0.1) is 11.8 Å². The normalized spacial score (nSPS) is 36.0. The fraction of sp³-hybridized carbons (Fsp3) is 0.677. The lowest BCUT2D eigenvalue weighted by atomic mass is 9.91. The average Bonchev–Trinajstić information content (AvgIpc) is 3.82. The number of fused-ring (bicyclic) bond motifs is 2. The van der Waals surface area contributed by atoms with Crippen LogP contribution in [0.2, 0.25) is 17.6 Å². The van der Waals surface area contributed by atoms with Gasteiger partial charge in [0, 0.05) is 30.4 Å². The average molecular weight is 865 g/mol. The Morgan fingerprint density at radius 2 is 2.02 bits per heavy atom. The summed E-state index contributed by atoms with van der Waals surface area (Å²) in [6.07, 6.45) is 5.09. The van der Waals surface area contributed by atoms with Crippen LogP contribution in [-0.4, -0.2) is 89.2 Å². The molecule has 1 aliphatic carbocycles. The van der Waals surface area contributed by atoms with Crippen molar-refractivity contribution < 1.29 is 45.9 Å². The SMILES string of the molecule is CCC[SiH]1O[C@H]2C[C@H](n3ccc4c(=O)[nH]c(N)nc43)O[C@@H]2COP(=O)(S)C([C@H]2C[C@H](Oc3ccncn3)C[C@@H]2COP(=O)(O)S)C(CC)[Si](O)(CCC)O1. The fourth-order valence-electron chi connectivity index (χ4n) is 8.34. The quantitative estimate of drug-likeness (QED) is 0.0792. The summed E-state index contributed by atoms with van der Waals surface area (Å²) in [5.74, 6) is -0.651. The lowest BCUT2D eigenvalue weighted by Gasteiger charge is -2.43. The predicted molar refractivity (Wildman–Crippen MR) is 212 cm³/mol. The third-order valence-corrected chi connectivity index (χ3v) is 22.4. The molecule has 0 radical (unpaired) electrons. The standard InChI is InChI=1S/C31H50N6O11P2S2Si2/c1-4-11-53-47-23-15-27(37-10-8-21-29(37)35-31(32)36-30(21)38)46-24(23)17-43-49(39,51)28(25(6-3)54(42,48-53)12-5-2)22-14-20(45-26-7-9-33-18-34-26)13-19(22)16-44-50(40,41)52/h7-10,18-20,22-25,27-28,42,53H,4-6,11-17H2,1-3H3,(H,39,51)(H2,40,41,52)(H3,32,35,36,38)/t19-,20-,22+,23+,24-,25?,27-,28?,49?,53?,54?/m1/s1. The first-order chi connectivity index (χ1) is 25.6. The van der Waals surface area contributed by atoms with Gasteiger partial charge >= 0.3 is 24.6 Å². The van der Waals surface area contributed by atoms with Gasteiger partial charge in [0.15, 0.2) is 5.65 Å². The van der Waals surface area contributed by atoms with Gasteiger partial charge in [0.25, 0.3) is 12.1 Å². The lowest BCUT2D eigenvalue weighted by Crippen LogP contribution is -2.53. The van der Waals surface area contributed by atoms with Crippen LogP contribution in [0.3, 0.4) is 0 Å². The van der Waals surface area contributed by atoms with Crippen LogP contribution < -0.4 is 16.0 Å². The van der Waals surface area contributed by atoms with E-state index in [0.29, 0.717) is 61.1 Å². The Morgan fingerprint density at radius 3 is 2.70 bits per heavy atom. The number of H-pyrrole nitrogens is 1. The third-order valence-electron chi connectivity index (χ3n) is 10.6. The molecule has 1 saturated carbocycles. The molecule has 0 spiro atoms. The van der Waals surface area contributed by atoms with Crippen molar-refractivity contribution in [2.75, 3.05) is 18.9 Å². The molecule has 0 aromatic carbocycles. The molecule has 23 heteroatoms. The maximum absolute atomic E-state index is 15.3. The van der Waals surface area contributed by atoms with Crippen LogP contribution in [-0.2, 0) is 31.5 Å². The van der Waals surface area contributed by atoms with Crippen LogP contribution in [0.25, 0.3) is 11.0 Å². The summed E-state index contributed by atoms with van der Waals surface area (Å²) in [6.45, 7) is -2.57. The first kappa shape index (κ1) is 42.0. The van der Waals surface area contributed by atoms with Crippen molar-refractivity contribution in [3.8, 4) is 5.88 Å². The zero-order chi connectivity index (χ0) is 38.8. The van der Waals surface area contributed by atoms with Crippen molar-refractivity contribution in [2.24, 2.45) is 11.8 Å². The minimum absolute atomic E-state index is 0.0340. The van der Waals surface area contributed by atoms with Crippen molar-refractivity contribution in [2.45, 2.75) is 107 Å². The van der Waals surface area contributed by atoms with Gasteiger partial charge in [0.1, 0.15) is 24.8 Å². The minimum atomic E-state index is -4.18. The minimum Gasteiger partial charge on any atom is -0.474 e. The van der Waals surface area contributed by atoms with E-state index in [1.165, 1.54) is 6.33 Å². The molecular formula is C31H50N6O11P2S2Si2. The first-order valence-electron chi connectivity index (χ1n) is 18.3. The van der Waals surface area contributed by atoms with Crippen LogP contribution >= 0.6 is 37.9 Å². The summed E-state index contributed by atoms with van der Waals surface area (Å²) in [5, 5.41) is 0.345. The number of thiol groups is 2. The second-order valence-electron chi connectivity index (χ2n) is 14.2. The molecule has 0 bridgehead atoms. The molecule has 2 aliphatic heterocycles. The maximum atomic E-state index is 15.3. The van der Waals surface area contributed by atoms with Gasteiger partial charge < -0.3 is 47.1 Å². The van der Waals surface area contributed by atoms with Gasteiger partial charge in [-0.05, 0) is 42.8 Å². The number of hydrogen-bond donors (Lipinski definition) is 6. The Kier molecular flexibility index (Phi) is 13.6. The van der Waals surface area contributed by atoms with Gasteiger partial charge in [0.05, 0.1) is 30.4 Å². The summed E-state index contributed by atoms with van der Waals surface area (Å²) < 4.78 is 67.5. The predicted octanol–water partition coefficient (Wildman–Crippen LogP) is 5.08. The monoisotopic (exact) mass is 864 g/mol. The molecule has 12 atom stereocenters. The number of nitrogens with zero attached hydrogens (tertiary/aromatic N) is 4. The van der Waals surface area contributed by atoms with Crippen molar-refractivity contribution in [1.29, 1.82) is 0 Å². The van der Waals surface area contributed by atoms with Crippen LogP contribution in [0.15, 0.2) is 35.6 Å². The van der Waals surface area contributed by atoms with Crippen molar-refractivity contribution in [3.05, 3.63) is 41.2 Å². The van der Waals surface area contributed by atoms with E-state index in [4.69, 9.17) is 45.0 Å². The molecule has 300 valence electrons. The molecule has 17 nitrogen and oxygen atoms in total. The highest BCUT2D eigenvalue weighted by molar-refractivity contribution is 8.46. The van der Waals surface area contributed by atoms with E-state index in [-0.39, 0.29) is 24.7 Å². The lowest BCUT2D eigenvalue weighted by molar-refractivity contribution is -0.0355. The number of nitrogens with one attached hydrogen (secondary N) is 1. The topological polar surface area (TPSA) is 232 Å². The van der Waals surface area contributed by atoms with E-state index in [1.807, 2.05) is 20.8 Å². The number of ether oxygens (including phenoxy) is 2. The molecule has 54 heavy (non-hydrogen) atoms. The molecule has 3 fully saturated rings. The Bertz CT molecular complexity index is 1900. The van der Waals surface area contributed by atoms with Crippen molar-refractivity contribution >= 4 is 72.7 Å². The Labute approximate surface area is 326 Å². The second-order valence-corrected chi connectivity index (χ2v) is 26.2. The van der Waals surface area contributed by atoms with E-state index in [0.717, 1.165) is 6.42 Å². The zero-order valence-corrected chi connectivity index (χ0v) is 36.1. The number of nitrogens with two attached hydrogens (primary N) is 1. The Morgan fingerprint density at radius 1 is 1.22 bits per heavy atom. The van der Waals surface area contributed by atoms with Crippen LogP contribution in [0.4, 0.5) is 5.95 Å². The van der Waals surface area contributed by atoms with E-state index < -0.39 is 78.8 Å². The molecule has 5 heterocycles. The number of aromatic nitrogens is 5. The second kappa shape index (κ2) is 17.5. The van der Waals surface area contributed by atoms with Gasteiger partial charge in [-0.15, -0.1) is 0 Å². The fourth-order valence-corrected chi connectivity index (χ4v) is 21.3. The highest BCUT2D eigenvalue weighted by Gasteiger charge is 2.58. The smallest absolute Gasteiger partial charge is 0.383 e. The summed E-state index contributed by atoms with van der Waals surface area (Å²) >= 11 is 8.58.